The van der Waals surface area contributed by atoms with Crippen LogP contribution in [0, 0.1) is 24.9 Å². The Morgan fingerprint density at radius 1 is 0.796 bits per heavy atom. The molecule has 1 aliphatic heterocycles. The molecule has 16 heteroatoms. The van der Waals surface area contributed by atoms with Gasteiger partial charge in [0.25, 0.3) is 11.8 Å². The van der Waals surface area contributed by atoms with Crippen LogP contribution in [0.1, 0.15) is 26.0 Å². The molecule has 1 rings (SSSR count). The SMILES string of the molecule is C#CN(C#C)C(=O)C=C.C=CC(=O)N(C)C.C=CC(=O)N(N)C(C)C.C=CC(=O)N1CCOCC1.C=CC(=O)NCCCN(C)C.C=CC(=O)NCCO.[HH].[HH].[HH].[HH]. The summed E-state index contributed by atoms with van der Waals surface area (Å²) in [6, 6.07) is 4.00. The summed E-state index contributed by atoms with van der Waals surface area (Å²) in [6.45, 7) is 28.1. The molecule has 5 N–H and O–H groups in total. The average molecular weight is 767 g/mol. The zero-order valence-corrected chi connectivity index (χ0v) is 32.9. The minimum absolute atomic E-state index is 0. The number of ether oxygens (including phenoxy) is 1. The van der Waals surface area contributed by atoms with Crippen molar-refractivity contribution in [3.63, 3.8) is 0 Å². The van der Waals surface area contributed by atoms with E-state index >= 15 is 0 Å². The summed E-state index contributed by atoms with van der Waals surface area (Å²) in [5, 5.41) is 14.4. The van der Waals surface area contributed by atoms with E-state index in [-0.39, 0.29) is 47.9 Å². The van der Waals surface area contributed by atoms with Gasteiger partial charge in [0.1, 0.15) is 0 Å². The fraction of sp³-hybridized carbons (Fsp3) is 0.421. The second-order valence-corrected chi connectivity index (χ2v) is 10.6. The molecule has 1 aliphatic rings. The highest BCUT2D eigenvalue weighted by molar-refractivity contribution is 5.90. The van der Waals surface area contributed by atoms with Gasteiger partial charge in [-0.3, -0.25) is 33.8 Å². The predicted octanol–water partition coefficient (Wildman–Crippen LogP) is 1.26. The lowest BCUT2D eigenvalue weighted by Gasteiger charge is -2.25. The molecular formula is C38H70N8O8. The molecule has 0 aromatic carbocycles. The number of nitrogens with two attached hydrogens (primary N) is 1. The Hall–Kier alpha value is -5.78. The number of hydrazine groups is 1. The summed E-state index contributed by atoms with van der Waals surface area (Å²) >= 11 is 0. The minimum Gasteiger partial charge on any atom is -0.395 e. The number of likely N-dealkylation sites (N-methyl/N-ethyl adjacent to an activating group) is 1. The van der Waals surface area contributed by atoms with Crippen molar-refractivity contribution in [2.45, 2.75) is 26.3 Å². The molecule has 0 unspecified atom stereocenters. The number of carbonyl (C=O) groups is 6. The number of aliphatic hydroxyl groups is 1. The van der Waals surface area contributed by atoms with Gasteiger partial charge in [-0.25, -0.2) is 5.84 Å². The molecule has 0 saturated carbocycles. The van der Waals surface area contributed by atoms with E-state index in [2.05, 4.69) is 55.0 Å². The summed E-state index contributed by atoms with van der Waals surface area (Å²) in [6.07, 6.45) is 17.9. The average Bonchev–Trinajstić information content (AvgIpc) is 3.18. The fourth-order valence-corrected chi connectivity index (χ4v) is 2.64. The van der Waals surface area contributed by atoms with Crippen LogP contribution in [0.5, 0.6) is 0 Å². The number of nitrogens with zero attached hydrogens (tertiary/aromatic N) is 5. The highest BCUT2D eigenvalue weighted by Gasteiger charge is 2.13. The van der Waals surface area contributed by atoms with Gasteiger partial charge in [0, 0.05) is 64.1 Å². The summed E-state index contributed by atoms with van der Waals surface area (Å²) in [5.74, 6) is 4.18. The second kappa shape index (κ2) is 40.0. The lowest BCUT2D eigenvalue weighted by molar-refractivity contribution is -0.130. The first kappa shape index (κ1) is 57.6. The third-order valence-corrected chi connectivity index (χ3v) is 5.61. The van der Waals surface area contributed by atoms with E-state index in [9.17, 15) is 28.8 Å². The van der Waals surface area contributed by atoms with Crippen molar-refractivity contribution in [2.24, 2.45) is 5.84 Å². The van der Waals surface area contributed by atoms with Gasteiger partial charge in [-0.1, -0.05) is 52.3 Å². The smallest absolute Gasteiger partial charge is 0.269 e. The maximum Gasteiger partial charge on any atom is 0.269 e. The maximum absolute atomic E-state index is 10.9. The molecule has 310 valence electrons. The lowest BCUT2D eigenvalue weighted by atomic mass is 10.4. The van der Waals surface area contributed by atoms with Gasteiger partial charge in [0.05, 0.1) is 19.8 Å². The molecule has 0 radical (unpaired) electrons. The van der Waals surface area contributed by atoms with E-state index in [4.69, 9.17) is 28.5 Å². The molecular weight excluding hydrogens is 696 g/mol. The van der Waals surface area contributed by atoms with Crippen LogP contribution in [0.15, 0.2) is 75.9 Å². The number of terminal acetylenes is 2. The Morgan fingerprint density at radius 3 is 1.50 bits per heavy atom. The largest absolute Gasteiger partial charge is 0.395 e. The molecule has 0 aromatic heterocycles. The maximum atomic E-state index is 10.9. The van der Waals surface area contributed by atoms with Crippen LogP contribution in [0.4, 0.5) is 0 Å². The van der Waals surface area contributed by atoms with Crippen molar-refractivity contribution in [1.29, 1.82) is 0 Å². The highest BCUT2D eigenvalue weighted by Crippen LogP contribution is 1.96. The number of morpholine rings is 1. The lowest BCUT2D eigenvalue weighted by Crippen LogP contribution is -2.41. The Labute approximate surface area is 328 Å². The molecule has 0 bridgehead atoms. The molecule has 0 aromatic rings. The van der Waals surface area contributed by atoms with Crippen LogP contribution < -0.4 is 16.5 Å². The topological polar surface area (TPSA) is 198 Å². The van der Waals surface area contributed by atoms with Gasteiger partial charge in [0.2, 0.25) is 23.6 Å². The molecule has 6 amide bonds. The van der Waals surface area contributed by atoms with E-state index in [0.717, 1.165) is 41.6 Å². The van der Waals surface area contributed by atoms with E-state index < -0.39 is 5.91 Å². The first-order chi connectivity index (χ1) is 25.3. The normalized spacial score (nSPS) is 10.3. The number of nitrogens with one attached hydrogen (secondary N) is 2. The molecule has 16 nitrogen and oxygen atoms in total. The number of amides is 6. The van der Waals surface area contributed by atoms with E-state index in [0.29, 0.717) is 32.8 Å². The van der Waals surface area contributed by atoms with Gasteiger partial charge in [0.15, 0.2) is 0 Å². The summed E-state index contributed by atoms with van der Waals surface area (Å²) in [4.78, 5) is 69.3. The molecule has 54 heavy (non-hydrogen) atoms. The molecule has 1 heterocycles. The number of rotatable bonds is 13. The Balaban J connectivity index is -0.0000000704. The second-order valence-electron chi connectivity index (χ2n) is 10.6. The number of carbonyl (C=O) groups excluding carboxylic acids is 6. The quantitative estimate of drug-likeness (QED) is 0.0403. The predicted molar refractivity (Wildman–Crippen MR) is 223 cm³/mol. The van der Waals surface area contributed by atoms with Crippen molar-refractivity contribution in [1.82, 2.24) is 35.2 Å². The van der Waals surface area contributed by atoms with Gasteiger partial charge in [-0.15, -0.1) is 0 Å². The fourth-order valence-electron chi connectivity index (χ4n) is 2.64. The zero-order valence-electron chi connectivity index (χ0n) is 32.9. The first-order valence-electron chi connectivity index (χ1n) is 16.3. The molecule has 0 atom stereocenters. The van der Waals surface area contributed by atoms with Gasteiger partial charge < -0.3 is 35.2 Å². The first-order valence-corrected chi connectivity index (χ1v) is 16.3. The van der Waals surface area contributed by atoms with Crippen LogP contribution in [-0.2, 0) is 33.5 Å². The number of hydrogen-bond donors (Lipinski definition) is 4. The van der Waals surface area contributed by atoms with Crippen LogP contribution in [0.3, 0.4) is 0 Å². The minimum atomic E-state index is -0.458. The van der Waals surface area contributed by atoms with Gasteiger partial charge >= 0.3 is 0 Å². The van der Waals surface area contributed by atoms with Gasteiger partial charge in [-0.05, 0) is 77.4 Å². The number of aliphatic hydroxyl groups excluding tert-OH is 1. The molecule has 0 aliphatic carbocycles. The van der Waals surface area contributed by atoms with E-state index in [1.54, 1.807) is 19.0 Å². The third kappa shape index (κ3) is 39.0. The highest BCUT2D eigenvalue weighted by atomic mass is 16.5. The molecule has 1 fully saturated rings. The Morgan fingerprint density at radius 2 is 1.24 bits per heavy atom. The monoisotopic (exact) mass is 767 g/mol. The van der Waals surface area contributed by atoms with E-state index in [1.165, 1.54) is 29.2 Å². The van der Waals surface area contributed by atoms with Crippen LogP contribution >= 0.6 is 0 Å². The van der Waals surface area contributed by atoms with Crippen molar-refractivity contribution in [2.75, 3.05) is 80.7 Å². The van der Waals surface area contributed by atoms with Crippen LogP contribution in [0.25, 0.3) is 0 Å². The zero-order chi connectivity index (χ0) is 43.1. The van der Waals surface area contributed by atoms with E-state index in [1.807, 2.05) is 40.0 Å². The van der Waals surface area contributed by atoms with Crippen molar-refractivity contribution in [3.05, 3.63) is 75.9 Å². The van der Waals surface area contributed by atoms with Crippen LogP contribution in [-0.4, -0.2) is 152 Å². The summed E-state index contributed by atoms with van der Waals surface area (Å²) < 4.78 is 5.07. The third-order valence-electron chi connectivity index (χ3n) is 5.61. The standard InChI is InChI=1S/C8H16N2O.C7H11NO2.C7H5NO.C6H12N2O.C5H9NO2.C5H9NO.4H2/c1-4-8(11)9-6-5-7-10(2)3;1-2-7(9)8-3-5-10-6-4-8;1-4-7(9)8(5-2)6-3;1-4-6(9)8(7)5(2)3;1-2-5(8)6-3-4-7;1-4-5(7)6(2)3;;;;/h4H,1,5-7H2,2-3H3,(H,9,11);2H,1,3-6H2;2-4H,1H2;4-5H,1,7H2,2-3H3;2,7H,1,3-4H2,(H,6,8);4H,1H2,2-3H3;4*1H. The molecule has 1 saturated heterocycles. The van der Waals surface area contributed by atoms with Crippen molar-refractivity contribution in [3.8, 4) is 24.9 Å². The number of hydrogen-bond acceptors (Lipinski definition) is 10. The summed E-state index contributed by atoms with van der Waals surface area (Å²) in [7, 11) is 7.39. The summed E-state index contributed by atoms with van der Waals surface area (Å²) in [5.41, 5.74) is 0. The Kier molecular flexibility index (Phi) is 42.6. The van der Waals surface area contributed by atoms with Crippen molar-refractivity contribution >= 4 is 35.4 Å². The van der Waals surface area contributed by atoms with Crippen molar-refractivity contribution < 1.29 is 44.3 Å². The molecule has 0 spiro atoms. The van der Waals surface area contributed by atoms with Crippen LogP contribution in [0.2, 0.25) is 0 Å². The Bertz CT molecular complexity index is 1270. The van der Waals surface area contributed by atoms with Gasteiger partial charge in [-0.2, -0.15) is 4.90 Å².